The summed E-state index contributed by atoms with van der Waals surface area (Å²) in [6.45, 7) is 3.84. The molecule has 0 spiro atoms. The summed E-state index contributed by atoms with van der Waals surface area (Å²) in [4.78, 5) is 0. The fraction of sp³-hybridized carbons (Fsp3) is 1.00. The van der Waals surface area contributed by atoms with Crippen molar-refractivity contribution in [3.8, 4) is 0 Å². The molecule has 0 aromatic carbocycles. The van der Waals surface area contributed by atoms with Crippen molar-refractivity contribution >= 4 is 0 Å². The highest BCUT2D eigenvalue weighted by atomic mass is 19.4. The topological polar surface area (TPSA) is 21.3 Å². The number of hydrogen-bond acceptors (Lipinski definition) is 2. The monoisotopic (exact) mass is 279 g/mol. The van der Waals surface area contributed by atoms with Crippen molar-refractivity contribution in [2.75, 3.05) is 6.54 Å². The molecule has 0 aromatic rings. The van der Waals surface area contributed by atoms with E-state index in [9.17, 15) is 13.2 Å². The van der Waals surface area contributed by atoms with Crippen LogP contribution in [0.1, 0.15) is 52.4 Å². The largest absolute Gasteiger partial charge is 0.414 e. The highest BCUT2D eigenvalue weighted by molar-refractivity contribution is 4.93. The number of ether oxygens (including phenoxy) is 1. The van der Waals surface area contributed by atoms with Gasteiger partial charge in [-0.05, 0) is 51.4 Å². The van der Waals surface area contributed by atoms with E-state index in [1.165, 1.54) is 0 Å². The first-order valence-corrected chi connectivity index (χ1v) is 7.29. The molecule has 2 nitrogen and oxygen atoms in total. The second kappa shape index (κ2) is 5.60. The lowest BCUT2D eigenvalue weighted by atomic mass is 9.79. The summed E-state index contributed by atoms with van der Waals surface area (Å²) in [5, 5.41) is 3.35. The summed E-state index contributed by atoms with van der Waals surface area (Å²) in [5.74, 6) is 0.596. The Morgan fingerprint density at radius 2 is 1.79 bits per heavy atom. The Kier molecular flexibility index (Phi) is 4.45. The van der Waals surface area contributed by atoms with Crippen LogP contribution in [-0.2, 0) is 4.74 Å². The Morgan fingerprint density at radius 1 is 1.21 bits per heavy atom. The third-order valence-corrected chi connectivity index (χ3v) is 4.36. The molecule has 1 atom stereocenters. The maximum Gasteiger partial charge on any atom is 0.414 e. The summed E-state index contributed by atoms with van der Waals surface area (Å²) in [6.07, 6.45) is -0.295. The lowest BCUT2D eigenvalue weighted by molar-refractivity contribution is -0.252. The molecule has 2 saturated carbocycles. The molecule has 19 heavy (non-hydrogen) atoms. The van der Waals surface area contributed by atoms with Crippen molar-refractivity contribution in [1.82, 2.24) is 5.32 Å². The summed E-state index contributed by atoms with van der Waals surface area (Å²) in [5.41, 5.74) is -0.621. The van der Waals surface area contributed by atoms with Gasteiger partial charge >= 0.3 is 6.18 Å². The molecule has 2 fully saturated rings. The van der Waals surface area contributed by atoms with E-state index in [2.05, 4.69) is 12.2 Å². The van der Waals surface area contributed by atoms with E-state index in [1.807, 2.05) is 0 Å². The van der Waals surface area contributed by atoms with Crippen LogP contribution >= 0.6 is 0 Å². The predicted octanol–water partition coefficient (Wildman–Crippen LogP) is 3.65. The number of rotatable bonds is 5. The molecule has 5 heteroatoms. The molecular weight excluding hydrogens is 255 g/mol. The standard InChI is InChI=1S/C14H24F3NO/c1-10-5-7-13(8-6-10,9-18-12-3-4-12)19-11(2)14(15,16)17/h10-12,18H,3-9H2,1-2H3. The van der Waals surface area contributed by atoms with Crippen LogP contribution in [0, 0.1) is 5.92 Å². The number of alkyl halides is 3. The molecule has 2 aliphatic rings. The smallest absolute Gasteiger partial charge is 0.361 e. The van der Waals surface area contributed by atoms with Crippen molar-refractivity contribution in [2.45, 2.75) is 76.3 Å². The van der Waals surface area contributed by atoms with Crippen molar-refractivity contribution < 1.29 is 17.9 Å². The molecule has 112 valence electrons. The van der Waals surface area contributed by atoms with E-state index in [0.29, 0.717) is 18.5 Å². The lowest BCUT2D eigenvalue weighted by Crippen LogP contribution is -2.50. The van der Waals surface area contributed by atoms with Crippen LogP contribution in [0.4, 0.5) is 13.2 Å². The minimum absolute atomic E-state index is 0.501. The summed E-state index contributed by atoms with van der Waals surface area (Å²) in [6, 6.07) is 0.501. The van der Waals surface area contributed by atoms with Crippen molar-refractivity contribution in [1.29, 1.82) is 0 Å². The Balaban J connectivity index is 1.96. The lowest BCUT2D eigenvalue weighted by Gasteiger charge is -2.41. The molecule has 0 heterocycles. The zero-order chi connectivity index (χ0) is 14.1. The highest BCUT2D eigenvalue weighted by Crippen LogP contribution is 2.38. The normalized spacial score (nSPS) is 34.3. The molecule has 1 N–H and O–H groups in total. The van der Waals surface area contributed by atoms with Gasteiger partial charge in [0.15, 0.2) is 6.10 Å². The fourth-order valence-electron chi connectivity index (χ4n) is 2.68. The van der Waals surface area contributed by atoms with Gasteiger partial charge in [0.25, 0.3) is 0 Å². The van der Waals surface area contributed by atoms with Crippen LogP contribution in [0.5, 0.6) is 0 Å². The van der Waals surface area contributed by atoms with Crippen LogP contribution in [0.3, 0.4) is 0 Å². The van der Waals surface area contributed by atoms with Crippen LogP contribution in [0.25, 0.3) is 0 Å². The maximum absolute atomic E-state index is 12.7. The quantitative estimate of drug-likeness (QED) is 0.829. The second-order valence-electron chi connectivity index (χ2n) is 6.32. The van der Waals surface area contributed by atoms with Crippen molar-refractivity contribution in [3.05, 3.63) is 0 Å². The molecule has 0 saturated heterocycles. The first-order chi connectivity index (χ1) is 8.81. The van der Waals surface area contributed by atoms with E-state index >= 15 is 0 Å². The zero-order valence-corrected chi connectivity index (χ0v) is 11.7. The van der Waals surface area contributed by atoms with Gasteiger partial charge in [-0.1, -0.05) is 6.92 Å². The molecule has 0 bridgehead atoms. The molecule has 1 unspecified atom stereocenters. The SMILES string of the molecule is CC1CCC(CNC2CC2)(OC(C)C(F)(F)F)CC1. The summed E-state index contributed by atoms with van der Waals surface area (Å²) >= 11 is 0. The van der Waals surface area contributed by atoms with E-state index in [4.69, 9.17) is 4.74 Å². The minimum atomic E-state index is -4.27. The second-order valence-corrected chi connectivity index (χ2v) is 6.32. The minimum Gasteiger partial charge on any atom is -0.361 e. The first kappa shape index (κ1) is 15.1. The van der Waals surface area contributed by atoms with Gasteiger partial charge in [-0.25, -0.2) is 0 Å². The van der Waals surface area contributed by atoms with Gasteiger partial charge in [0.2, 0.25) is 0 Å². The third kappa shape index (κ3) is 4.35. The van der Waals surface area contributed by atoms with Gasteiger partial charge in [0.05, 0.1) is 5.60 Å². The molecule has 0 aromatic heterocycles. The van der Waals surface area contributed by atoms with E-state index in [1.54, 1.807) is 0 Å². The predicted molar refractivity (Wildman–Crippen MR) is 68.0 cm³/mol. The maximum atomic E-state index is 12.7. The van der Waals surface area contributed by atoms with Gasteiger partial charge < -0.3 is 10.1 Å². The molecular formula is C14H24F3NO. The molecule has 2 aliphatic carbocycles. The average molecular weight is 279 g/mol. The first-order valence-electron chi connectivity index (χ1n) is 7.29. The summed E-state index contributed by atoms with van der Waals surface area (Å²) < 4.78 is 43.6. The van der Waals surface area contributed by atoms with E-state index < -0.39 is 17.9 Å². The van der Waals surface area contributed by atoms with Crippen LogP contribution in [-0.4, -0.2) is 30.5 Å². The Bertz CT molecular complexity index is 294. The number of nitrogens with one attached hydrogen (secondary N) is 1. The average Bonchev–Trinajstić information content (AvgIpc) is 3.13. The third-order valence-electron chi connectivity index (χ3n) is 4.36. The Morgan fingerprint density at radius 3 is 2.26 bits per heavy atom. The van der Waals surface area contributed by atoms with Crippen molar-refractivity contribution in [3.63, 3.8) is 0 Å². The van der Waals surface area contributed by atoms with Crippen LogP contribution < -0.4 is 5.32 Å². The van der Waals surface area contributed by atoms with Crippen LogP contribution in [0.2, 0.25) is 0 Å². The Hall–Kier alpha value is -0.290. The number of hydrogen-bond donors (Lipinski definition) is 1. The van der Waals surface area contributed by atoms with Crippen LogP contribution in [0.15, 0.2) is 0 Å². The van der Waals surface area contributed by atoms with E-state index in [0.717, 1.165) is 45.4 Å². The van der Waals surface area contributed by atoms with Gasteiger partial charge in [-0.15, -0.1) is 0 Å². The number of halogens is 3. The molecule has 0 aliphatic heterocycles. The van der Waals surface area contributed by atoms with Gasteiger partial charge in [-0.3, -0.25) is 0 Å². The molecule has 0 radical (unpaired) electrons. The van der Waals surface area contributed by atoms with Gasteiger partial charge in [-0.2, -0.15) is 13.2 Å². The van der Waals surface area contributed by atoms with Gasteiger partial charge in [0, 0.05) is 12.6 Å². The Labute approximate surface area is 113 Å². The van der Waals surface area contributed by atoms with Crippen molar-refractivity contribution in [2.24, 2.45) is 5.92 Å². The summed E-state index contributed by atoms with van der Waals surface area (Å²) in [7, 11) is 0. The zero-order valence-electron chi connectivity index (χ0n) is 11.7. The fourth-order valence-corrected chi connectivity index (χ4v) is 2.68. The molecule has 2 rings (SSSR count). The molecule has 0 amide bonds. The van der Waals surface area contributed by atoms with Gasteiger partial charge in [0.1, 0.15) is 0 Å². The highest BCUT2D eigenvalue weighted by Gasteiger charge is 2.45. The van der Waals surface area contributed by atoms with E-state index in [-0.39, 0.29) is 0 Å².